The summed E-state index contributed by atoms with van der Waals surface area (Å²) in [7, 11) is -1.34. The summed E-state index contributed by atoms with van der Waals surface area (Å²) < 4.78 is 41.4. The molecular formula is C37H42BrN3O6S. The molecule has 0 saturated carbocycles. The van der Waals surface area contributed by atoms with Gasteiger partial charge in [-0.3, -0.25) is 13.9 Å². The monoisotopic (exact) mass is 735 g/mol. The van der Waals surface area contributed by atoms with Crippen LogP contribution < -0.4 is 19.1 Å². The Morgan fingerprint density at radius 3 is 2.08 bits per heavy atom. The number of ether oxygens (including phenoxy) is 2. The van der Waals surface area contributed by atoms with Crippen LogP contribution in [0.4, 0.5) is 5.69 Å². The summed E-state index contributed by atoms with van der Waals surface area (Å²) in [6.45, 7) is 6.94. The summed E-state index contributed by atoms with van der Waals surface area (Å²) in [6, 6.07) is 27.0. The molecule has 254 valence electrons. The molecule has 11 heteroatoms. The van der Waals surface area contributed by atoms with Gasteiger partial charge in [0.05, 0.1) is 24.8 Å². The Kier molecular flexibility index (Phi) is 11.9. The van der Waals surface area contributed by atoms with E-state index in [0.29, 0.717) is 11.5 Å². The van der Waals surface area contributed by atoms with Crippen molar-refractivity contribution in [3.8, 4) is 11.5 Å². The molecule has 48 heavy (non-hydrogen) atoms. The van der Waals surface area contributed by atoms with Gasteiger partial charge in [0.15, 0.2) is 11.5 Å². The maximum absolute atomic E-state index is 14.7. The summed E-state index contributed by atoms with van der Waals surface area (Å²) in [5.41, 5.74) is 2.11. The van der Waals surface area contributed by atoms with Gasteiger partial charge in [0.2, 0.25) is 11.8 Å². The van der Waals surface area contributed by atoms with Gasteiger partial charge in [0.1, 0.15) is 12.6 Å². The first-order valence-electron chi connectivity index (χ1n) is 15.4. The molecule has 0 heterocycles. The lowest BCUT2D eigenvalue weighted by atomic mass is 10.0. The van der Waals surface area contributed by atoms with Crippen LogP contribution in [-0.2, 0) is 32.6 Å². The molecule has 1 N–H and O–H groups in total. The summed E-state index contributed by atoms with van der Waals surface area (Å²) in [6.07, 6.45) is 0.212. The predicted octanol–water partition coefficient (Wildman–Crippen LogP) is 6.52. The second-order valence-electron chi connectivity index (χ2n) is 12.5. The van der Waals surface area contributed by atoms with E-state index in [1.807, 2.05) is 82.3 Å². The highest BCUT2D eigenvalue weighted by Gasteiger charge is 2.36. The number of anilines is 1. The highest BCUT2D eigenvalue weighted by Crippen LogP contribution is 2.34. The first-order chi connectivity index (χ1) is 22.7. The molecule has 1 unspecified atom stereocenters. The molecule has 0 saturated heterocycles. The van der Waals surface area contributed by atoms with Crippen LogP contribution in [0.25, 0.3) is 0 Å². The van der Waals surface area contributed by atoms with E-state index in [1.165, 1.54) is 37.3 Å². The second-order valence-corrected chi connectivity index (χ2v) is 15.2. The van der Waals surface area contributed by atoms with E-state index < -0.39 is 34.1 Å². The lowest BCUT2D eigenvalue weighted by Gasteiger charge is -2.35. The zero-order valence-corrected chi connectivity index (χ0v) is 30.5. The number of methoxy groups -OCH3 is 2. The molecule has 0 fully saturated rings. The van der Waals surface area contributed by atoms with E-state index in [2.05, 4.69) is 21.2 Å². The fraction of sp³-hybridized carbons (Fsp3) is 0.297. The molecule has 0 bridgehead atoms. The molecule has 4 aromatic carbocycles. The number of nitrogens with one attached hydrogen (secondary N) is 1. The first kappa shape index (κ1) is 36.5. The Morgan fingerprint density at radius 1 is 0.833 bits per heavy atom. The Morgan fingerprint density at radius 2 is 1.48 bits per heavy atom. The first-order valence-corrected chi connectivity index (χ1v) is 17.7. The standard InChI is InChI=1S/C37H42BrN3O6S/c1-26-15-18-31(19-16-26)48(44,45)41(30-17-20-33(46-5)34(23-30)47-6)25-35(42)40(24-28-13-10-14-29(38)21-28)32(36(43)39-37(2,3)4)22-27-11-8-7-9-12-27/h7-21,23,32H,22,24-25H2,1-6H3,(H,39,43). The molecule has 4 aromatic rings. The van der Waals surface area contributed by atoms with E-state index in [0.717, 1.165) is 25.5 Å². The number of carbonyl (C=O) groups is 2. The van der Waals surface area contributed by atoms with Gasteiger partial charge in [-0.2, -0.15) is 0 Å². The van der Waals surface area contributed by atoms with Crippen molar-refractivity contribution in [1.82, 2.24) is 10.2 Å². The van der Waals surface area contributed by atoms with Crippen LogP contribution in [0.2, 0.25) is 0 Å². The van der Waals surface area contributed by atoms with Gasteiger partial charge in [-0.1, -0.05) is 76.1 Å². The Hall–Kier alpha value is -4.35. The van der Waals surface area contributed by atoms with Crippen molar-refractivity contribution < 1.29 is 27.5 Å². The zero-order valence-electron chi connectivity index (χ0n) is 28.1. The van der Waals surface area contributed by atoms with Crippen molar-refractivity contribution >= 4 is 43.5 Å². The van der Waals surface area contributed by atoms with Crippen molar-refractivity contribution in [3.63, 3.8) is 0 Å². The molecule has 0 radical (unpaired) electrons. The van der Waals surface area contributed by atoms with Gasteiger partial charge in [0.25, 0.3) is 10.0 Å². The minimum absolute atomic E-state index is 0.0144. The lowest BCUT2D eigenvalue weighted by Crippen LogP contribution is -2.56. The average Bonchev–Trinajstić information content (AvgIpc) is 3.04. The van der Waals surface area contributed by atoms with Crippen LogP contribution in [-0.4, -0.2) is 57.5 Å². The van der Waals surface area contributed by atoms with Gasteiger partial charge >= 0.3 is 0 Å². The fourth-order valence-corrected chi connectivity index (χ4v) is 7.04. The van der Waals surface area contributed by atoms with Crippen LogP contribution in [0.3, 0.4) is 0 Å². The number of halogens is 1. The van der Waals surface area contributed by atoms with Crippen LogP contribution in [0.5, 0.6) is 11.5 Å². The number of amides is 2. The highest BCUT2D eigenvalue weighted by atomic mass is 79.9. The fourth-order valence-electron chi connectivity index (χ4n) is 5.19. The third-order valence-electron chi connectivity index (χ3n) is 7.55. The molecule has 9 nitrogen and oxygen atoms in total. The van der Waals surface area contributed by atoms with E-state index in [-0.39, 0.29) is 29.5 Å². The third kappa shape index (κ3) is 9.38. The minimum Gasteiger partial charge on any atom is -0.493 e. The molecule has 4 rings (SSSR count). The van der Waals surface area contributed by atoms with Crippen molar-refractivity contribution in [2.24, 2.45) is 0 Å². The van der Waals surface area contributed by atoms with E-state index in [4.69, 9.17) is 9.47 Å². The number of hydrogen-bond donors (Lipinski definition) is 1. The quantitative estimate of drug-likeness (QED) is 0.168. The smallest absolute Gasteiger partial charge is 0.264 e. The van der Waals surface area contributed by atoms with Crippen molar-refractivity contribution in [1.29, 1.82) is 0 Å². The topological polar surface area (TPSA) is 105 Å². The zero-order chi connectivity index (χ0) is 35.1. The molecule has 0 aliphatic carbocycles. The Labute approximate surface area is 292 Å². The number of sulfonamides is 1. The van der Waals surface area contributed by atoms with Crippen LogP contribution >= 0.6 is 15.9 Å². The molecule has 0 spiro atoms. The number of aryl methyl sites for hydroxylation is 1. The van der Waals surface area contributed by atoms with Crippen molar-refractivity contribution in [2.45, 2.75) is 57.1 Å². The van der Waals surface area contributed by atoms with Gasteiger partial charge in [0, 0.05) is 29.0 Å². The van der Waals surface area contributed by atoms with E-state index in [9.17, 15) is 18.0 Å². The largest absolute Gasteiger partial charge is 0.493 e. The summed E-state index contributed by atoms with van der Waals surface area (Å²) >= 11 is 3.51. The van der Waals surface area contributed by atoms with Crippen LogP contribution in [0.15, 0.2) is 106 Å². The summed E-state index contributed by atoms with van der Waals surface area (Å²) in [4.78, 5) is 30.2. The number of rotatable bonds is 13. The van der Waals surface area contributed by atoms with E-state index in [1.54, 1.807) is 24.3 Å². The average molecular weight is 737 g/mol. The molecule has 1 atom stereocenters. The molecule has 0 aromatic heterocycles. The van der Waals surface area contributed by atoms with E-state index >= 15 is 0 Å². The van der Waals surface area contributed by atoms with Crippen LogP contribution in [0.1, 0.15) is 37.5 Å². The maximum Gasteiger partial charge on any atom is 0.264 e. The molecular weight excluding hydrogens is 694 g/mol. The predicted molar refractivity (Wildman–Crippen MR) is 192 cm³/mol. The highest BCUT2D eigenvalue weighted by molar-refractivity contribution is 9.10. The van der Waals surface area contributed by atoms with Gasteiger partial charge < -0.3 is 19.7 Å². The summed E-state index contributed by atoms with van der Waals surface area (Å²) in [5.74, 6) is -0.221. The SMILES string of the molecule is COc1ccc(N(CC(=O)N(Cc2cccc(Br)c2)C(Cc2ccccc2)C(=O)NC(C)(C)C)S(=O)(=O)c2ccc(C)cc2)cc1OC. The van der Waals surface area contributed by atoms with Gasteiger partial charge in [-0.15, -0.1) is 0 Å². The minimum atomic E-state index is -4.28. The third-order valence-corrected chi connectivity index (χ3v) is 9.84. The molecule has 2 amide bonds. The molecule has 0 aliphatic rings. The number of carbonyl (C=O) groups excluding carboxylic acids is 2. The normalized spacial score (nSPS) is 12.1. The summed E-state index contributed by atoms with van der Waals surface area (Å²) in [5, 5.41) is 3.04. The lowest BCUT2D eigenvalue weighted by molar-refractivity contribution is -0.140. The van der Waals surface area contributed by atoms with Crippen molar-refractivity contribution in [3.05, 3.63) is 118 Å². The molecule has 0 aliphatic heterocycles. The second kappa shape index (κ2) is 15.7. The Bertz CT molecular complexity index is 1830. The Balaban J connectivity index is 1.86. The van der Waals surface area contributed by atoms with Gasteiger partial charge in [-0.25, -0.2) is 8.42 Å². The maximum atomic E-state index is 14.7. The van der Waals surface area contributed by atoms with Gasteiger partial charge in [-0.05, 0) is 75.2 Å². The number of hydrogen-bond acceptors (Lipinski definition) is 6. The van der Waals surface area contributed by atoms with Crippen LogP contribution in [0, 0.1) is 6.92 Å². The number of benzene rings is 4. The van der Waals surface area contributed by atoms with Crippen molar-refractivity contribution in [2.75, 3.05) is 25.1 Å². The number of nitrogens with zero attached hydrogens (tertiary/aromatic N) is 2.